The summed E-state index contributed by atoms with van der Waals surface area (Å²) in [6.45, 7) is 12.2. The Morgan fingerprint density at radius 1 is 1.19 bits per heavy atom. The van der Waals surface area contributed by atoms with E-state index in [0.717, 1.165) is 32.5 Å². The summed E-state index contributed by atoms with van der Waals surface area (Å²) in [6, 6.07) is 0.864. The normalized spacial score (nSPS) is 21.7. The highest BCUT2D eigenvalue weighted by molar-refractivity contribution is 7.89. The van der Waals surface area contributed by atoms with Gasteiger partial charge in [0.25, 0.3) is 0 Å². The number of hydrogen-bond acceptors (Lipinski definition) is 6. The van der Waals surface area contributed by atoms with Gasteiger partial charge in [-0.15, -0.1) is 0 Å². The molecular formula is C18H32N4O3S. The monoisotopic (exact) mass is 384 g/mol. The van der Waals surface area contributed by atoms with E-state index in [0.29, 0.717) is 42.5 Å². The molecule has 0 aliphatic carbocycles. The second-order valence-corrected chi connectivity index (χ2v) is 10.1. The molecule has 0 N–H and O–H groups in total. The quantitative estimate of drug-likeness (QED) is 0.744. The summed E-state index contributed by atoms with van der Waals surface area (Å²) in [4.78, 5) is 5.18. The standard InChI is InChI=1S/C18H32N4O3S/c1-13(2)10-22(16-6-8-20(5)9-7-16)17-11-21(12-17)26(23,24)18-14(3)19-25-15(18)4/h13,16-17H,6-12H2,1-5H3. The molecule has 8 heteroatoms. The van der Waals surface area contributed by atoms with Crippen molar-refractivity contribution in [3.05, 3.63) is 11.5 Å². The Balaban J connectivity index is 1.69. The van der Waals surface area contributed by atoms with Crippen molar-refractivity contribution >= 4 is 10.0 Å². The van der Waals surface area contributed by atoms with Gasteiger partial charge in [0.1, 0.15) is 10.6 Å². The summed E-state index contributed by atoms with van der Waals surface area (Å²) >= 11 is 0. The molecule has 0 unspecified atom stereocenters. The zero-order valence-electron chi connectivity index (χ0n) is 16.6. The maximum atomic E-state index is 12.9. The van der Waals surface area contributed by atoms with Crippen LogP contribution in [0.4, 0.5) is 0 Å². The second-order valence-electron chi connectivity index (χ2n) is 8.25. The van der Waals surface area contributed by atoms with Crippen LogP contribution in [-0.4, -0.2) is 79.5 Å². The summed E-state index contributed by atoms with van der Waals surface area (Å²) in [5.74, 6) is 0.947. The molecule has 7 nitrogen and oxygen atoms in total. The molecule has 2 saturated heterocycles. The maximum Gasteiger partial charge on any atom is 0.248 e. The highest BCUT2D eigenvalue weighted by Gasteiger charge is 2.43. The van der Waals surface area contributed by atoms with Gasteiger partial charge in [0.15, 0.2) is 5.76 Å². The number of nitrogens with zero attached hydrogens (tertiary/aromatic N) is 4. The molecule has 0 radical (unpaired) electrons. The minimum atomic E-state index is -3.51. The molecule has 2 aliphatic rings. The van der Waals surface area contributed by atoms with Crippen LogP contribution in [0.25, 0.3) is 0 Å². The van der Waals surface area contributed by atoms with Crippen molar-refractivity contribution in [1.82, 2.24) is 19.3 Å². The number of aromatic nitrogens is 1. The summed E-state index contributed by atoms with van der Waals surface area (Å²) in [5, 5.41) is 3.80. The lowest BCUT2D eigenvalue weighted by atomic mass is 9.97. The third-order valence-corrected chi connectivity index (χ3v) is 7.67. The van der Waals surface area contributed by atoms with Crippen LogP contribution in [0.3, 0.4) is 0 Å². The van der Waals surface area contributed by atoms with Crippen LogP contribution < -0.4 is 0 Å². The third-order valence-electron chi connectivity index (χ3n) is 5.60. The van der Waals surface area contributed by atoms with E-state index in [1.165, 1.54) is 0 Å². The first-order valence-corrected chi connectivity index (χ1v) is 11.0. The first-order valence-electron chi connectivity index (χ1n) is 9.57. The van der Waals surface area contributed by atoms with Crippen LogP contribution in [0.15, 0.2) is 9.42 Å². The van der Waals surface area contributed by atoms with Gasteiger partial charge in [-0.2, -0.15) is 4.31 Å². The van der Waals surface area contributed by atoms with Crippen LogP contribution >= 0.6 is 0 Å². The fraction of sp³-hybridized carbons (Fsp3) is 0.833. The fourth-order valence-corrected chi connectivity index (χ4v) is 5.95. The molecule has 2 aliphatic heterocycles. The van der Waals surface area contributed by atoms with Gasteiger partial charge in [0, 0.05) is 31.7 Å². The van der Waals surface area contributed by atoms with Gasteiger partial charge in [0.2, 0.25) is 10.0 Å². The third kappa shape index (κ3) is 3.83. The van der Waals surface area contributed by atoms with Gasteiger partial charge in [-0.25, -0.2) is 8.42 Å². The molecule has 0 atom stereocenters. The van der Waals surface area contributed by atoms with Crippen LogP contribution in [0.2, 0.25) is 0 Å². The van der Waals surface area contributed by atoms with Gasteiger partial charge < -0.3 is 9.42 Å². The van der Waals surface area contributed by atoms with Crippen LogP contribution in [0.5, 0.6) is 0 Å². The number of rotatable bonds is 6. The lowest BCUT2D eigenvalue weighted by Gasteiger charge is -2.49. The van der Waals surface area contributed by atoms with E-state index < -0.39 is 10.0 Å². The van der Waals surface area contributed by atoms with Gasteiger partial charge in [-0.05, 0) is 52.7 Å². The van der Waals surface area contributed by atoms with Gasteiger partial charge in [0.05, 0.1) is 0 Å². The van der Waals surface area contributed by atoms with Crippen LogP contribution in [0.1, 0.15) is 38.1 Å². The molecule has 1 aromatic rings. The Labute approximate surface area is 157 Å². The van der Waals surface area contributed by atoms with Gasteiger partial charge in [-0.1, -0.05) is 19.0 Å². The highest BCUT2D eigenvalue weighted by Crippen LogP contribution is 2.31. The molecule has 1 aromatic heterocycles. The van der Waals surface area contributed by atoms with Crippen molar-refractivity contribution in [2.45, 2.75) is 57.5 Å². The van der Waals surface area contributed by atoms with Gasteiger partial charge in [-0.3, -0.25) is 4.90 Å². The largest absolute Gasteiger partial charge is 0.360 e. The summed E-state index contributed by atoms with van der Waals surface area (Å²) in [6.07, 6.45) is 2.33. The average molecular weight is 385 g/mol. The SMILES string of the molecule is Cc1noc(C)c1S(=O)(=O)N1CC(N(CC(C)C)C2CCN(C)CC2)C1. The number of hydrogen-bond donors (Lipinski definition) is 0. The molecule has 0 spiro atoms. The number of sulfonamides is 1. The first-order chi connectivity index (χ1) is 12.2. The zero-order chi connectivity index (χ0) is 19.1. The molecule has 0 bridgehead atoms. The minimum Gasteiger partial charge on any atom is -0.360 e. The van der Waals surface area contributed by atoms with Crippen molar-refractivity contribution in [3.63, 3.8) is 0 Å². The van der Waals surface area contributed by atoms with E-state index in [1.807, 2.05) is 0 Å². The Morgan fingerprint density at radius 3 is 2.31 bits per heavy atom. The van der Waals surface area contributed by atoms with E-state index in [1.54, 1.807) is 18.2 Å². The van der Waals surface area contributed by atoms with Crippen LogP contribution in [-0.2, 0) is 10.0 Å². The van der Waals surface area contributed by atoms with Crippen LogP contribution in [0, 0.1) is 19.8 Å². The minimum absolute atomic E-state index is 0.241. The summed E-state index contributed by atoms with van der Waals surface area (Å²) < 4.78 is 32.5. The molecule has 3 heterocycles. The Bertz CT molecular complexity index is 697. The van der Waals surface area contributed by atoms with E-state index >= 15 is 0 Å². The number of likely N-dealkylation sites (tertiary alicyclic amines) is 1. The predicted octanol–water partition coefficient (Wildman–Crippen LogP) is 1.72. The fourth-order valence-electron chi connectivity index (χ4n) is 4.14. The average Bonchev–Trinajstić information content (AvgIpc) is 2.84. The second kappa shape index (κ2) is 7.58. The molecule has 26 heavy (non-hydrogen) atoms. The molecule has 0 aromatic carbocycles. The topological polar surface area (TPSA) is 69.9 Å². The van der Waals surface area contributed by atoms with E-state index in [9.17, 15) is 8.42 Å². The molecule has 0 saturated carbocycles. The van der Waals surface area contributed by atoms with E-state index in [2.05, 4.69) is 35.9 Å². The molecule has 148 valence electrons. The summed E-state index contributed by atoms with van der Waals surface area (Å²) in [7, 11) is -1.34. The molecule has 0 amide bonds. The van der Waals surface area contributed by atoms with Gasteiger partial charge >= 0.3 is 0 Å². The Hall–Kier alpha value is -0.960. The van der Waals surface area contributed by atoms with Crippen molar-refractivity contribution in [2.24, 2.45) is 5.92 Å². The van der Waals surface area contributed by atoms with E-state index in [-0.39, 0.29) is 4.90 Å². The van der Waals surface area contributed by atoms with Crippen molar-refractivity contribution in [2.75, 3.05) is 39.8 Å². The van der Waals surface area contributed by atoms with Crippen molar-refractivity contribution in [3.8, 4) is 0 Å². The number of aryl methyl sites for hydroxylation is 2. The maximum absolute atomic E-state index is 12.9. The predicted molar refractivity (Wildman–Crippen MR) is 101 cm³/mol. The molecular weight excluding hydrogens is 352 g/mol. The van der Waals surface area contributed by atoms with E-state index in [4.69, 9.17) is 4.52 Å². The Kier molecular flexibility index (Phi) is 5.77. The smallest absolute Gasteiger partial charge is 0.248 e. The zero-order valence-corrected chi connectivity index (χ0v) is 17.4. The molecule has 2 fully saturated rings. The van der Waals surface area contributed by atoms with Crippen molar-refractivity contribution in [1.29, 1.82) is 0 Å². The number of piperidine rings is 1. The lowest BCUT2D eigenvalue weighted by molar-refractivity contribution is 0.0176. The van der Waals surface area contributed by atoms with Crippen molar-refractivity contribution < 1.29 is 12.9 Å². The lowest BCUT2D eigenvalue weighted by Crippen LogP contribution is -2.64. The molecule has 3 rings (SSSR count). The highest BCUT2D eigenvalue weighted by atomic mass is 32.2. The first kappa shape index (κ1) is 19.8. The Morgan fingerprint density at radius 2 is 1.81 bits per heavy atom. The summed E-state index contributed by atoms with van der Waals surface area (Å²) in [5.41, 5.74) is 0.445.